The number of carbonyl (C=O) groups excluding carboxylic acids is 1. The van der Waals surface area contributed by atoms with Crippen LogP contribution in [-0.4, -0.2) is 47.3 Å². The van der Waals surface area contributed by atoms with E-state index in [9.17, 15) is 25.3 Å². The average Bonchev–Trinajstić information content (AvgIpc) is 3.43. The van der Waals surface area contributed by atoms with Gasteiger partial charge in [-0.2, -0.15) is 5.26 Å². The summed E-state index contributed by atoms with van der Waals surface area (Å²) < 4.78 is 6.67. The third kappa shape index (κ3) is 4.57. The van der Waals surface area contributed by atoms with Crippen molar-refractivity contribution in [3.8, 4) is 6.07 Å². The minimum absolute atomic E-state index is 0.0935. The summed E-state index contributed by atoms with van der Waals surface area (Å²) in [4.78, 5) is 30.8. The van der Waals surface area contributed by atoms with E-state index in [0.29, 0.717) is 16.2 Å². The van der Waals surface area contributed by atoms with Crippen molar-refractivity contribution in [3.05, 3.63) is 76.1 Å². The molecule has 0 aliphatic rings. The molecule has 2 heterocycles. The van der Waals surface area contributed by atoms with Gasteiger partial charge in [-0.25, -0.2) is 9.78 Å². The van der Waals surface area contributed by atoms with Crippen molar-refractivity contribution in [3.63, 3.8) is 0 Å². The molecule has 0 saturated carbocycles. The molecule has 0 spiro atoms. The number of para-hydroxylation sites is 2. The lowest BCUT2D eigenvalue weighted by atomic mass is 10.2. The van der Waals surface area contributed by atoms with E-state index in [1.165, 1.54) is 18.5 Å². The largest absolute Gasteiger partial charge is 0.507 e. The van der Waals surface area contributed by atoms with E-state index in [0.717, 1.165) is 17.8 Å². The van der Waals surface area contributed by atoms with E-state index < -0.39 is 23.3 Å². The molecule has 13 heteroatoms. The second-order valence-corrected chi connectivity index (χ2v) is 7.89. The van der Waals surface area contributed by atoms with Crippen LogP contribution in [0, 0.1) is 21.4 Å². The van der Waals surface area contributed by atoms with Crippen molar-refractivity contribution in [2.45, 2.75) is 10.1 Å². The number of aliphatic hydroxyl groups is 1. The summed E-state index contributed by atoms with van der Waals surface area (Å²) in [6, 6.07) is 12.7. The smallest absolute Gasteiger partial charge is 0.338 e. The van der Waals surface area contributed by atoms with Crippen LogP contribution in [0.25, 0.3) is 16.6 Å². The second-order valence-electron chi connectivity index (χ2n) is 6.88. The maximum Gasteiger partial charge on any atom is 0.338 e. The third-order valence-electron chi connectivity index (χ3n) is 4.63. The number of benzene rings is 2. The van der Waals surface area contributed by atoms with Crippen molar-refractivity contribution >= 4 is 40.0 Å². The first-order chi connectivity index (χ1) is 16.4. The summed E-state index contributed by atoms with van der Waals surface area (Å²) >= 11 is 1.02. The molecule has 170 valence electrons. The van der Waals surface area contributed by atoms with Crippen LogP contribution in [0.1, 0.15) is 16.2 Å². The molecule has 2 aromatic heterocycles. The Hall–Kier alpha value is -4.70. The number of aromatic nitrogens is 5. The van der Waals surface area contributed by atoms with Gasteiger partial charge in [0.1, 0.15) is 24.6 Å². The Morgan fingerprint density at radius 1 is 1.35 bits per heavy atom. The van der Waals surface area contributed by atoms with Gasteiger partial charge in [0.25, 0.3) is 5.69 Å². The highest BCUT2D eigenvalue weighted by Crippen LogP contribution is 2.34. The lowest BCUT2D eigenvalue weighted by Crippen LogP contribution is -2.10. The number of ether oxygens (including phenoxy) is 1. The average molecular weight is 477 g/mol. The second kappa shape index (κ2) is 9.43. The lowest BCUT2D eigenvalue weighted by Gasteiger charge is -2.07. The van der Waals surface area contributed by atoms with Crippen LogP contribution in [0.3, 0.4) is 0 Å². The van der Waals surface area contributed by atoms with Crippen molar-refractivity contribution in [1.82, 2.24) is 24.7 Å². The van der Waals surface area contributed by atoms with Gasteiger partial charge in [-0.1, -0.05) is 12.1 Å². The van der Waals surface area contributed by atoms with Crippen LogP contribution in [0.15, 0.2) is 64.6 Å². The van der Waals surface area contributed by atoms with Crippen molar-refractivity contribution in [2.75, 3.05) is 6.61 Å². The van der Waals surface area contributed by atoms with E-state index in [-0.39, 0.29) is 27.5 Å². The van der Waals surface area contributed by atoms with E-state index in [1.807, 2.05) is 6.07 Å². The highest BCUT2D eigenvalue weighted by molar-refractivity contribution is 7.99. The summed E-state index contributed by atoms with van der Waals surface area (Å²) in [6.45, 7) is -0.623. The number of esters is 1. The number of nitrogens with zero attached hydrogens (tertiary/aromatic N) is 6. The van der Waals surface area contributed by atoms with Gasteiger partial charge in [-0.05, 0) is 36.0 Å². The maximum atomic E-state index is 12.5. The van der Waals surface area contributed by atoms with Gasteiger partial charge in [0.2, 0.25) is 0 Å². The molecule has 0 aliphatic heterocycles. The fourth-order valence-corrected chi connectivity index (χ4v) is 3.80. The number of rotatable bonds is 7. The molecule has 0 unspecified atom stereocenters. The molecule has 34 heavy (non-hydrogen) atoms. The Kier molecular flexibility index (Phi) is 6.24. The van der Waals surface area contributed by atoms with Gasteiger partial charge >= 0.3 is 5.97 Å². The fraction of sp³-hybridized carbons (Fsp3) is 0.0952. The zero-order valence-electron chi connectivity index (χ0n) is 17.5. The number of hydrogen-bond acceptors (Lipinski definition) is 10. The Morgan fingerprint density at radius 2 is 2.15 bits per heavy atom. The molecule has 0 fully saturated rings. The number of nitrogens with one attached hydrogen (secondary N) is 1. The zero-order chi connectivity index (χ0) is 24.2. The number of allylic oxidation sites excluding steroid dienone is 1. The van der Waals surface area contributed by atoms with Gasteiger partial charge in [-0.15, -0.1) is 10.2 Å². The predicted molar refractivity (Wildman–Crippen MR) is 120 cm³/mol. The minimum atomic E-state index is -0.910. The Labute approximate surface area is 195 Å². The van der Waals surface area contributed by atoms with Gasteiger partial charge in [0.05, 0.1) is 26.4 Å². The number of aromatic amines is 1. The molecule has 0 atom stereocenters. The number of nitro benzene ring substituents is 1. The summed E-state index contributed by atoms with van der Waals surface area (Å²) in [7, 11) is 1.70. The normalized spacial score (nSPS) is 11.6. The summed E-state index contributed by atoms with van der Waals surface area (Å²) in [5.41, 5.74) is 0.667. The number of fused-ring (bicyclic) bond motifs is 1. The topological polar surface area (TPSA) is 173 Å². The van der Waals surface area contributed by atoms with Crippen LogP contribution in [-0.2, 0) is 11.8 Å². The SMILES string of the molecule is Cn1cnnc1Sc1ccc(C(=O)OC/C(O)=C(\C#N)c2nc3ccccc3[nH]2)cc1[N+](=O)[O-]. The van der Waals surface area contributed by atoms with E-state index in [1.54, 1.807) is 35.9 Å². The molecule has 2 N–H and O–H groups in total. The number of nitriles is 1. The highest BCUT2D eigenvalue weighted by atomic mass is 32.2. The molecule has 4 rings (SSSR count). The quantitative estimate of drug-likeness (QED) is 0.132. The molecule has 4 aromatic rings. The van der Waals surface area contributed by atoms with Crippen LogP contribution >= 0.6 is 11.8 Å². The van der Waals surface area contributed by atoms with Crippen molar-refractivity contribution in [2.24, 2.45) is 7.05 Å². The van der Waals surface area contributed by atoms with E-state index in [4.69, 9.17) is 4.74 Å². The number of H-pyrrole nitrogens is 1. The van der Waals surface area contributed by atoms with Gasteiger partial charge in [-0.3, -0.25) is 10.1 Å². The van der Waals surface area contributed by atoms with Crippen LogP contribution in [0.4, 0.5) is 5.69 Å². The lowest BCUT2D eigenvalue weighted by molar-refractivity contribution is -0.387. The maximum absolute atomic E-state index is 12.5. The van der Waals surface area contributed by atoms with E-state index in [2.05, 4.69) is 20.2 Å². The molecular formula is C21H15N7O5S. The third-order valence-corrected chi connectivity index (χ3v) is 5.75. The molecule has 0 aliphatic carbocycles. The molecule has 0 bridgehead atoms. The van der Waals surface area contributed by atoms with Crippen molar-refractivity contribution in [1.29, 1.82) is 5.26 Å². The summed E-state index contributed by atoms with van der Waals surface area (Å²) in [5, 5.41) is 39.4. The molecule has 0 saturated heterocycles. The summed E-state index contributed by atoms with van der Waals surface area (Å²) in [6.07, 6.45) is 1.46. The first kappa shape index (κ1) is 22.5. The van der Waals surface area contributed by atoms with E-state index >= 15 is 0 Å². The van der Waals surface area contributed by atoms with Gasteiger partial charge < -0.3 is 19.4 Å². The van der Waals surface area contributed by atoms with Crippen LogP contribution in [0.5, 0.6) is 0 Å². The number of imidazole rings is 1. The standard InChI is InChI=1S/C21H15N7O5S/c1-27-11-23-26-21(27)34-18-7-6-12(8-16(18)28(31)32)20(30)33-10-17(29)13(9-22)19-24-14-4-2-3-5-15(14)25-19/h2-8,11,29H,10H2,1H3,(H,24,25)/b17-13-. The Balaban J connectivity index is 1.52. The fourth-order valence-electron chi connectivity index (χ4n) is 2.95. The predicted octanol–water partition coefficient (Wildman–Crippen LogP) is 3.40. The molecule has 2 aromatic carbocycles. The number of hydrogen-bond donors (Lipinski definition) is 2. The van der Waals surface area contributed by atoms with Gasteiger partial charge in [0, 0.05) is 13.1 Å². The Morgan fingerprint density at radius 3 is 2.82 bits per heavy atom. The number of carbonyl (C=O) groups is 1. The molecular weight excluding hydrogens is 462 g/mol. The zero-order valence-corrected chi connectivity index (χ0v) is 18.3. The Bertz CT molecular complexity index is 1450. The van der Waals surface area contributed by atoms with Crippen LogP contribution < -0.4 is 0 Å². The molecule has 0 amide bonds. The van der Waals surface area contributed by atoms with Gasteiger partial charge in [0.15, 0.2) is 16.7 Å². The molecule has 12 nitrogen and oxygen atoms in total. The number of aliphatic hydroxyl groups excluding tert-OH is 1. The molecule has 0 radical (unpaired) electrons. The first-order valence-corrected chi connectivity index (χ1v) is 10.4. The monoisotopic (exact) mass is 477 g/mol. The highest BCUT2D eigenvalue weighted by Gasteiger charge is 2.21. The first-order valence-electron chi connectivity index (χ1n) is 9.62. The van der Waals surface area contributed by atoms with Crippen LogP contribution in [0.2, 0.25) is 0 Å². The van der Waals surface area contributed by atoms with Crippen molar-refractivity contribution < 1.29 is 19.6 Å². The summed E-state index contributed by atoms with van der Waals surface area (Å²) in [5.74, 6) is -1.30. The number of aryl methyl sites for hydroxylation is 1. The minimum Gasteiger partial charge on any atom is -0.507 e. The number of nitro groups is 1.